The smallest absolute Gasteiger partial charge is 0.321 e. The molecule has 5 rings (SSSR count). The molecule has 3 aromatic rings. The van der Waals surface area contributed by atoms with Crippen molar-refractivity contribution >= 4 is 17.6 Å². The van der Waals surface area contributed by atoms with Gasteiger partial charge in [-0.1, -0.05) is 24.3 Å². The predicted octanol–water partition coefficient (Wildman–Crippen LogP) is 3.95. The number of carbonyl (C=O) groups is 2. The lowest BCUT2D eigenvalue weighted by Gasteiger charge is -2.21. The molecule has 0 fully saturated rings. The lowest BCUT2D eigenvalue weighted by atomic mass is 9.84. The van der Waals surface area contributed by atoms with E-state index < -0.39 is 5.92 Å². The zero-order chi connectivity index (χ0) is 19.8. The number of hydrogen-bond acceptors (Lipinski definition) is 6. The molecule has 2 aliphatic carbocycles. The zero-order valence-electron chi connectivity index (χ0n) is 15.3. The minimum Gasteiger partial charge on any atom is -0.424 e. The van der Waals surface area contributed by atoms with Gasteiger partial charge in [0.05, 0.1) is 17.3 Å². The van der Waals surface area contributed by atoms with Gasteiger partial charge in [-0.2, -0.15) is 0 Å². The van der Waals surface area contributed by atoms with Crippen LogP contribution in [0.25, 0.3) is 6.08 Å². The summed E-state index contributed by atoms with van der Waals surface area (Å²) in [6, 6.07) is 10.9. The van der Waals surface area contributed by atoms with E-state index in [-0.39, 0.29) is 17.6 Å². The van der Waals surface area contributed by atoms with Crippen molar-refractivity contribution in [1.29, 1.82) is 0 Å². The van der Waals surface area contributed by atoms with Crippen molar-refractivity contribution in [2.24, 2.45) is 0 Å². The number of ether oxygens (including phenoxy) is 1. The molecule has 6 heteroatoms. The number of Topliss-reactive ketones (excluding diaryl/α,β-unsaturated/α-hetero) is 1. The molecule has 29 heavy (non-hydrogen) atoms. The number of nitrogens with zero attached hydrogens (tertiary/aromatic N) is 3. The Kier molecular flexibility index (Phi) is 4.09. The summed E-state index contributed by atoms with van der Waals surface area (Å²) in [4.78, 5) is 38.0. The Hall–Kier alpha value is -3.93. The SMILES string of the molecule is O=C1C=CCc2nc3c(cc21)C(=O)C(c1cccc(Oc2ncccn2)c1)C=C3. The van der Waals surface area contributed by atoms with Crippen LogP contribution in [0.15, 0.2) is 67.0 Å². The first-order valence-electron chi connectivity index (χ1n) is 9.21. The van der Waals surface area contributed by atoms with Crippen LogP contribution in [0.1, 0.15) is 43.6 Å². The topological polar surface area (TPSA) is 82.0 Å². The molecular formula is C23H15N3O3. The van der Waals surface area contributed by atoms with E-state index in [0.717, 1.165) is 5.56 Å². The number of rotatable bonds is 3. The fourth-order valence-electron chi connectivity index (χ4n) is 3.55. The molecule has 6 nitrogen and oxygen atoms in total. The van der Waals surface area contributed by atoms with Crippen LogP contribution in [0.5, 0.6) is 11.8 Å². The van der Waals surface area contributed by atoms with E-state index in [1.165, 1.54) is 6.08 Å². The molecule has 0 bridgehead atoms. The van der Waals surface area contributed by atoms with Gasteiger partial charge in [0.15, 0.2) is 11.6 Å². The van der Waals surface area contributed by atoms with E-state index in [4.69, 9.17) is 4.74 Å². The summed E-state index contributed by atoms with van der Waals surface area (Å²) in [5.41, 5.74) is 3.09. The van der Waals surface area contributed by atoms with Gasteiger partial charge in [0, 0.05) is 29.9 Å². The molecule has 2 aromatic heterocycles. The van der Waals surface area contributed by atoms with Crippen molar-refractivity contribution in [3.8, 4) is 11.8 Å². The first kappa shape index (κ1) is 17.2. The fourth-order valence-corrected chi connectivity index (χ4v) is 3.55. The van der Waals surface area contributed by atoms with Gasteiger partial charge in [-0.3, -0.25) is 14.6 Å². The molecule has 1 unspecified atom stereocenters. The van der Waals surface area contributed by atoms with E-state index >= 15 is 0 Å². The first-order valence-corrected chi connectivity index (χ1v) is 9.21. The number of carbonyl (C=O) groups excluding carboxylic acids is 2. The van der Waals surface area contributed by atoms with E-state index in [1.54, 1.807) is 42.7 Å². The van der Waals surface area contributed by atoms with Crippen molar-refractivity contribution in [3.63, 3.8) is 0 Å². The summed E-state index contributed by atoms with van der Waals surface area (Å²) in [6.45, 7) is 0. The molecule has 0 N–H and O–H groups in total. The standard InChI is InChI=1S/C23H15N3O3/c27-21-7-2-6-19-17(21)13-18-20(26-19)9-8-16(22(18)28)14-4-1-5-15(12-14)29-23-24-10-3-11-25-23/h1-5,7-13,16H,6H2. The molecule has 2 heterocycles. The summed E-state index contributed by atoms with van der Waals surface area (Å²) in [7, 11) is 0. The Balaban J connectivity index is 1.47. The Labute approximate surface area is 166 Å². The van der Waals surface area contributed by atoms with Gasteiger partial charge in [0.25, 0.3) is 0 Å². The number of allylic oxidation sites excluding steroid dienone is 3. The van der Waals surface area contributed by atoms with Crippen LogP contribution in [0, 0.1) is 0 Å². The number of ketones is 2. The quantitative estimate of drug-likeness (QED) is 0.683. The van der Waals surface area contributed by atoms with Gasteiger partial charge < -0.3 is 4.74 Å². The maximum atomic E-state index is 13.2. The maximum absolute atomic E-state index is 13.2. The van der Waals surface area contributed by atoms with E-state index in [9.17, 15) is 9.59 Å². The summed E-state index contributed by atoms with van der Waals surface area (Å²) >= 11 is 0. The van der Waals surface area contributed by atoms with Gasteiger partial charge >= 0.3 is 6.01 Å². The number of pyridine rings is 1. The molecule has 0 spiro atoms. The van der Waals surface area contributed by atoms with Gasteiger partial charge in [-0.25, -0.2) is 9.97 Å². The molecule has 0 saturated carbocycles. The molecule has 1 aromatic carbocycles. The van der Waals surface area contributed by atoms with Crippen LogP contribution >= 0.6 is 0 Å². The summed E-state index contributed by atoms with van der Waals surface area (Å²) < 4.78 is 5.68. The lowest BCUT2D eigenvalue weighted by Crippen LogP contribution is -2.19. The van der Waals surface area contributed by atoms with Gasteiger partial charge in [0.2, 0.25) is 0 Å². The molecule has 140 valence electrons. The van der Waals surface area contributed by atoms with E-state index in [0.29, 0.717) is 34.7 Å². The van der Waals surface area contributed by atoms with Crippen LogP contribution < -0.4 is 4.74 Å². The third kappa shape index (κ3) is 3.14. The van der Waals surface area contributed by atoms with Gasteiger partial charge in [-0.15, -0.1) is 0 Å². The molecule has 0 amide bonds. The minimum absolute atomic E-state index is 0.0896. The minimum atomic E-state index is -0.475. The Morgan fingerprint density at radius 1 is 0.966 bits per heavy atom. The molecule has 2 aliphatic rings. The highest BCUT2D eigenvalue weighted by Gasteiger charge is 2.28. The van der Waals surface area contributed by atoms with Crippen molar-refractivity contribution in [2.45, 2.75) is 12.3 Å². The van der Waals surface area contributed by atoms with E-state index in [1.807, 2.05) is 24.3 Å². The molecular weight excluding hydrogens is 366 g/mol. The highest BCUT2D eigenvalue weighted by molar-refractivity contribution is 6.11. The van der Waals surface area contributed by atoms with Gasteiger partial charge in [-0.05, 0) is 42.0 Å². The Morgan fingerprint density at radius 2 is 1.83 bits per heavy atom. The predicted molar refractivity (Wildman–Crippen MR) is 106 cm³/mol. The summed E-state index contributed by atoms with van der Waals surface area (Å²) in [5.74, 6) is -0.131. The number of aromatic nitrogens is 3. The number of fused-ring (bicyclic) bond motifs is 2. The second-order valence-corrected chi connectivity index (χ2v) is 6.79. The Morgan fingerprint density at radius 3 is 2.69 bits per heavy atom. The first-order chi connectivity index (χ1) is 14.2. The zero-order valence-corrected chi connectivity index (χ0v) is 15.3. The summed E-state index contributed by atoms with van der Waals surface area (Å²) in [5, 5.41) is 0. The second-order valence-electron chi connectivity index (χ2n) is 6.79. The van der Waals surface area contributed by atoms with Crippen molar-refractivity contribution in [2.75, 3.05) is 0 Å². The largest absolute Gasteiger partial charge is 0.424 e. The lowest BCUT2D eigenvalue weighted by molar-refractivity contribution is 0.0974. The highest BCUT2D eigenvalue weighted by Crippen LogP contribution is 2.33. The second kappa shape index (κ2) is 6.91. The van der Waals surface area contributed by atoms with E-state index in [2.05, 4.69) is 15.0 Å². The number of benzene rings is 1. The fraction of sp³-hybridized carbons (Fsp3) is 0.0870. The Bertz CT molecular complexity index is 1200. The van der Waals surface area contributed by atoms with Crippen molar-refractivity contribution in [1.82, 2.24) is 15.0 Å². The molecule has 0 radical (unpaired) electrons. The van der Waals surface area contributed by atoms with Crippen LogP contribution in [-0.4, -0.2) is 26.5 Å². The third-order valence-electron chi connectivity index (χ3n) is 4.94. The number of hydrogen-bond donors (Lipinski definition) is 0. The third-order valence-corrected chi connectivity index (χ3v) is 4.94. The molecule has 0 aliphatic heterocycles. The van der Waals surface area contributed by atoms with Crippen LogP contribution in [-0.2, 0) is 6.42 Å². The van der Waals surface area contributed by atoms with Crippen LogP contribution in [0.4, 0.5) is 0 Å². The average molecular weight is 381 g/mol. The van der Waals surface area contributed by atoms with Crippen LogP contribution in [0.2, 0.25) is 0 Å². The normalized spacial score (nSPS) is 17.0. The monoisotopic (exact) mass is 381 g/mol. The van der Waals surface area contributed by atoms with Gasteiger partial charge in [0.1, 0.15) is 5.75 Å². The van der Waals surface area contributed by atoms with Crippen molar-refractivity contribution in [3.05, 3.63) is 95.1 Å². The maximum Gasteiger partial charge on any atom is 0.321 e. The molecule has 0 saturated heterocycles. The average Bonchev–Trinajstić information content (AvgIpc) is 2.74. The summed E-state index contributed by atoms with van der Waals surface area (Å²) in [6.07, 6.45) is 10.8. The highest BCUT2D eigenvalue weighted by atomic mass is 16.5. The van der Waals surface area contributed by atoms with Crippen LogP contribution in [0.3, 0.4) is 0 Å². The van der Waals surface area contributed by atoms with Crippen molar-refractivity contribution < 1.29 is 14.3 Å². The molecule has 1 atom stereocenters.